The van der Waals surface area contributed by atoms with Crippen LogP contribution in [-0.2, 0) is 0 Å². The molecule has 0 aliphatic rings. The molecule has 0 aliphatic heterocycles. The molecule has 0 amide bonds. The minimum Gasteiger partial charge on any atom is -0.478 e. The standard InChI is InChI=1S/C16H13NO2/c1-10-15(13-4-2-3-5-14(13)17-10)11-6-8-12(9-7-11)16(18)19/h2-9,17H,1H3,(H,18,19). The third-order valence-electron chi connectivity index (χ3n) is 3.31. The molecule has 3 heteroatoms. The summed E-state index contributed by atoms with van der Waals surface area (Å²) in [7, 11) is 0. The van der Waals surface area contributed by atoms with Crippen molar-refractivity contribution in [2.45, 2.75) is 6.92 Å². The van der Waals surface area contributed by atoms with Crippen molar-refractivity contribution in [1.82, 2.24) is 4.98 Å². The first kappa shape index (κ1) is 11.5. The van der Waals surface area contributed by atoms with Crippen LogP contribution in [0.3, 0.4) is 0 Å². The molecule has 19 heavy (non-hydrogen) atoms. The van der Waals surface area contributed by atoms with E-state index in [0.29, 0.717) is 5.56 Å². The van der Waals surface area contributed by atoms with Gasteiger partial charge in [-0.05, 0) is 30.7 Å². The van der Waals surface area contributed by atoms with E-state index < -0.39 is 5.97 Å². The molecular weight excluding hydrogens is 238 g/mol. The number of rotatable bonds is 2. The van der Waals surface area contributed by atoms with Crippen molar-refractivity contribution in [3.63, 3.8) is 0 Å². The van der Waals surface area contributed by atoms with Gasteiger partial charge in [0.2, 0.25) is 0 Å². The third-order valence-corrected chi connectivity index (χ3v) is 3.31. The minimum atomic E-state index is -0.901. The Morgan fingerprint density at radius 1 is 1.05 bits per heavy atom. The number of aromatic amines is 1. The van der Waals surface area contributed by atoms with Gasteiger partial charge in [0, 0.05) is 22.2 Å². The SMILES string of the molecule is Cc1[nH]c2ccccc2c1-c1ccc(C(=O)O)cc1. The molecule has 0 saturated heterocycles. The molecule has 1 aromatic heterocycles. The van der Waals surface area contributed by atoms with Crippen LogP contribution in [0.1, 0.15) is 16.1 Å². The summed E-state index contributed by atoms with van der Waals surface area (Å²) in [5.41, 5.74) is 4.65. The highest BCUT2D eigenvalue weighted by atomic mass is 16.4. The van der Waals surface area contributed by atoms with E-state index in [1.807, 2.05) is 37.3 Å². The second-order valence-electron chi connectivity index (χ2n) is 4.55. The molecule has 2 aromatic carbocycles. The summed E-state index contributed by atoms with van der Waals surface area (Å²) in [5.74, 6) is -0.901. The van der Waals surface area contributed by atoms with Crippen molar-refractivity contribution >= 4 is 16.9 Å². The van der Waals surface area contributed by atoms with Crippen molar-refractivity contribution in [3.8, 4) is 11.1 Å². The molecule has 3 aromatic rings. The molecular formula is C16H13NO2. The summed E-state index contributed by atoms with van der Waals surface area (Å²) < 4.78 is 0. The van der Waals surface area contributed by atoms with Gasteiger partial charge < -0.3 is 10.1 Å². The Morgan fingerprint density at radius 3 is 2.42 bits per heavy atom. The largest absolute Gasteiger partial charge is 0.478 e. The maximum Gasteiger partial charge on any atom is 0.335 e. The van der Waals surface area contributed by atoms with E-state index in [4.69, 9.17) is 5.11 Å². The van der Waals surface area contributed by atoms with Gasteiger partial charge in [0.1, 0.15) is 0 Å². The van der Waals surface area contributed by atoms with E-state index in [1.54, 1.807) is 12.1 Å². The fourth-order valence-corrected chi connectivity index (χ4v) is 2.43. The van der Waals surface area contributed by atoms with E-state index in [-0.39, 0.29) is 0 Å². The van der Waals surface area contributed by atoms with Gasteiger partial charge in [-0.3, -0.25) is 0 Å². The van der Waals surface area contributed by atoms with Crippen LogP contribution in [0.2, 0.25) is 0 Å². The Kier molecular flexibility index (Phi) is 2.60. The monoisotopic (exact) mass is 251 g/mol. The highest BCUT2D eigenvalue weighted by Gasteiger charge is 2.10. The van der Waals surface area contributed by atoms with Gasteiger partial charge in [-0.15, -0.1) is 0 Å². The lowest BCUT2D eigenvalue weighted by Gasteiger charge is -2.02. The van der Waals surface area contributed by atoms with Crippen LogP contribution in [0.15, 0.2) is 48.5 Å². The lowest BCUT2D eigenvalue weighted by molar-refractivity contribution is 0.0697. The summed E-state index contributed by atoms with van der Waals surface area (Å²) in [6, 6.07) is 15.1. The van der Waals surface area contributed by atoms with Gasteiger partial charge in [0.25, 0.3) is 0 Å². The zero-order valence-corrected chi connectivity index (χ0v) is 10.5. The van der Waals surface area contributed by atoms with Crippen molar-refractivity contribution in [3.05, 3.63) is 59.8 Å². The molecule has 3 nitrogen and oxygen atoms in total. The highest BCUT2D eigenvalue weighted by Crippen LogP contribution is 2.31. The number of carbonyl (C=O) groups is 1. The fraction of sp³-hybridized carbons (Fsp3) is 0.0625. The first-order valence-corrected chi connectivity index (χ1v) is 6.08. The molecule has 0 aliphatic carbocycles. The second-order valence-corrected chi connectivity index (χ2v) is 4.55. The van der Waals surface area contributed by atoms with Crippen molar-refractivity contribution in [2.75, 3.05) is 0 Å². The number of hydrogen-bond donors (Lipinski definition) is 2. The lowest BCUT2D eigenvalue weighted by Crippen LogP contribution is -1.95. The van der Waals surface area contributed by atoms with Crippen LogP contribution in [0.4, 0.5) is 0 Å². The van der Waals surface area contributed by atoms with Crippen LogP contribution in [0.25, 0.3) is 22.0 Å². The van der Waals surface area contributed by atoms with E-state index in [0.717, 1.165) is 27.7 Å². The van der Waals surface area contributed by atoms with Crippen LogP contribution < -0.4 is 0 Å². The number of hydrogen-bond acceptors (Lipinski definition) is 1. The molecule has 0 fully saturated rings. The molecule has 94 valence electrons. The number of para-hydroxylation sites is 1. The number of benzene rings is 2. The number of fused-ring (bicyclic) bond motifs is 1. The molecule has 1 heterocycles. The second kappa shape index (κ2) is 4.28. The van der Waals surface area contributed by atoms with Gasteiger partial charge in [0.15, 0.2) is 0 Å². The Hall–Kier alpha value is -2.55. The molecule has 0 bridgehead atoms. The number of carboxylic acid groups (broad SMARTS) is 1. The van der Waals surface area contributed by atoms with Crippen molar-refractivity contribution < 1.29 is 9.90 Å². The van der Waals surface area contributed by atoms with E-state index in [9.17, 15) is 4.79 Å². The van der Waals surface area contributed by atoms with E-state index in [1.165, 1.54) is 0 Å². The summed E-state index contributed by atoms with van der Waals surface area (Å²) in [4.78, 5) is 14.2. The summed E-state index contributed by atoms with van der Waals surface area (Å²) in [6.45, 7) is 2.03. The number of H-pyrrole nitrogens is 1. The quantitative estimate of drug-likeness (QED) is 0.727. The predicted octanol–water partition coefficient (Wildman–Crippen LogP) is 3.84. The topological polar surface area (TPSA) is 53.1 Å². The summed E-state index contributed by atoms with van der Waals surface area (Å²) >= 11 is 0. The first-order chi connectivity index (χ1) is 9.16. The summed E-state index contributed by atoms with van der Waals surface area (Å²) in [6.07, 6.45) is 0. The fourth-order valence-electron chi connectivity index (χ4n) is 2.43. The molecule has 0 radical (unpaired) electrons. The number of nitrogens with one attached hydrogen (secondary N) is 1. The molecule has 3 rings (SSSR count). The van der Waals surface area contributed by atoms with Gasteiger partial charge >= 0.3 is 5.97 Å². The normalized spacial score (nSPS) is 10.8. The van der Waals surface area contributed by atoms with Crippen molar-refractivity contribution in [2.24, 2.45) is 0 Å². The Labute approximate surface area is 110 Å². The zero-order valence-electron chi connectivity index (χ0n) is 10.5. The average molecular weight is 251 g/mol. The van der Waals surface area contributed by atoms with E-state index in [2.05, 4.69) is 11.1 Å². The number of carboxylic acids is 1. The highest BCUT2D eigenvalue weighted by molar-refractivity contribution is 5.98. The van der Waals surface area contributed by atoms with Gasteiger partial charge in [-0.2, -0.15) is 0 Å². The maximum atomic E-state index is 10.9. The van der Waals surface area contributed by atoms with Gasteiger partial charge in [-0.1, -0.05) is 30.3 Å². The van der Waals surface area contributed by atoms with Crippen LogP contribution in [-0.4, -0.2) is 16.1 Å². The smallest absolute Gasteiger partial charge is 0.335 e. The maximum absolute atomic E-state index is 10.9. The van der Waals surface area contributed by atoms with Gasteiger partial charge in [-0.25, -0.2) is 4.79 Å². The Balaban J connectivity index is 2.18. The molecule has 0 unspecified atom stereocenters. The first-order valence-electron chi connectivity index (χ1n) is 6.08. The Morgan fingerprint density at radius 2 is 1.74 bits per heavy atom. The minimum absolute atomic E-state index is 0.307. The van der Waals surface area contributed by atoms with Crippen LogP contribution in [0.5, 0.6) is 0 Å². The lowest BCUT2D eigenvalue weighted by atomic mass is 10.0. The summed E-state index contributed by atoms with van der Waals surface area (Å²) in [5, 5.41) is 10.1. The molecule has 2 N–H and O–H groups in total. The molecule has 0 spiro atoms. The zero-order chi connectivity index (χ0) is 13.4. The van der Waals surface area contributed by atoms with E-state index >= 15 is 0 Å². The number of aromatic nitrogens is 1. The Bertz CT molecular complexity index is 754. The molecule has 0 atom stereocenters. The molecule has 0 saturated carbocycles. The number of aromatic carboxylic acids is 1. The third kappa shape index (κ3) is 1.89. The van der Waals surface area contributed by atoms with Crippen LogP contribution >= 0.6 is 0 Å². The van der Waals surface area contributed by atoms with Gasteiger partial charge in [0.05, 0.1) is 5.56 Å². The van der Waals surface area contributed by atoms with Crippen molar-refractivity contribution in [1.29, 1.82) is 0 Å². The predicted molar refractivity (Wildman–Crippen MR) is 75.4 cm³/mol. The van der Waals surface area contributed by atoms with Crippen LogP contribution in [0, 0.1) is 6.92 Å². The average Bonchev–Trinajstić information content (AvgIpc) is 2.74. The number of aryl methyl sites for hydroxylation is 1.